The number of nitrogens with one attached hydrogen (secondary N) is 1. The van der Waals surface area contributed by atoms with E-state index in [4.69, 9.17) is 4.74 Å². The first-order valence-corrected chi connectivity index (χ1v) is 7.59. The normalized spacial score (nSPS) is 25.0. The van der Waals surface area contributed by atoms with Crippen LogP contribution in [0, 0.1) is 5.92 Å². The molecule has 0 saturated heterocycles. The summed E-state index contributed by atoms with van der Waals surface area (Å²) in [7, 11) is 0. The Kier molecular flexibility index (Phi) is 5.49. The Morgan fingerprint density at radius 3 is 3.06 bits per heavy atom. The molecule has 96 valence electrons. The molecule has 1 aromatic heterocycles. The van der Waals surface area contributed by atoms with Gasteiger partial charge in [-0.25, -0.2) is 0 Å². The van der Waals surface area contributed by atoms with Gasteiger partial charge in [-0.1, -0.05) is 25.8 Å². The van der Waals surface area contributed by atoms with Crippen LogP contribution in [0.3, 0.4) is 0 Å². The van der Waals surface area contributed by atoms with Gasteiger partial charge in [0.1, 0.15) is 0 Å². The van der Waals surface area contributed by atoms with Crippen LogP contribution in [-0.2, 0) is 11.3 Å². The van der Waals surface area contributed by atoms with Crippen molar-refractivity contribution >= 4 is 11.3 Å². The van der Waals surface area contributed by atoms with Crippen LogP contribution in [0.5, 0.6) is 0 Å². The number of rotatable bonds is 6. The van der Waals surface area contributed by atoms with E-state index in [1.165, 1.54) is 30.6 Å². The molecule has 2 atom stereocenters. The predicted octanol–water partition coefficient (Wildman–Crippen LogP) is 3.43. The molecule has 1 aliphatic carbocycles. The number of thiophene rings is 1. The van der Waals surface area contributed by atoms with E-state index >= 15 is 0 Å². The van der Waals surface area contributed by atoms with Crippen LogP contribution >= 0.6 is 11.3 Å². The molecular weight excluding hydrogens is 230 g/mol. The third-order valence-corrected chi connectivity index (χ3v) is 4.40. The van der Waals surface area contributed by atoms with Gasteiger partial charge in [-0.05, 0) is 30.2 Å². The van der Waals surface area contributed by atoms with Crippen molar-refractivity contribution in [3.63, 3.8) is 0 Å². The molecule has 0 spiro atoms. The van der Waals surface area contributed by atoms with Crippen molar-refractivity contribution in [2.75, 3.05) is 13.2 Å². The molecule has 17 heavy (non-hydrogen) atoms. The average Bonchev–Trinajstić information content (AvgIpc) is 2.84. The maximum Gasteiger partial charge on any atom is 0.0601 e. The van der Waals surface area contributed by atoms with Gasteiger partial charge in [-0.15, -0.1) is 11.3 Å². The first-order chi connectivity index (χ1) is 8.36. The molecule has 0 bridgehead atoms. The minimum Gasteiger partial charge on any atom is -0.377 e. The van der Waals surface area contributed by atoms with Crippen LogP contribution in [-0.4, -0.2) is 19.3 Å². The van der Waals surface area contributed by atoms with E-state index in [1.54, 1.807) is 11.3 Å². The lowest BCUT2D eigenvalue weighted by Crippen LogP contribution is -2.29. The standard InChI is InChI=1S/C14H23NOS/c1-12-5-2-3-7-14(12)16-9-8-15-11-13-6-4-10-17-13/h4,6,10,12,14-15H,2-3,5,7-9,11H2,1H3. The molecule has 0 aliphatic heterocycles. The van der Waals surface area contributed by atoms with E-state index in [-0.39, 0.29) is 0 Å². The van der Waals surface area contributed by atoms with Crippen LogP contribution < -0.4 is 5.32 Å². The lowest BCUT2D eigenvalue weighted by atomic mass is 9.88. The molecule has 2 nitrogen and oxygen atoms in total. The summed E-state index contributed by atoms with van der Waals surface area (Å²) in [5.74, 6) is 0.751. The topological polar surface area (TPSA) is 21.3 Å². The molecule has 2 unspecified atom stereocenters. The summed E-state index contributed by atoms with van der Waals surface area (Å²) in [5.41, 5.74) is 0. The second kappa shape index (κ2) is 7.14. The lowest BCUT2D eigenvalue weighted by molar-refractivity contribution is -0.00320. The van der Waals surface area contributed by atoms with Crippen LogP contribution in [0.1, 0.15) is 37.5 Å². The SMILES string of the molecule is CC1CCCCC1OCCNCc1cccs1. The van der Waals surface area contributed by atoms with Crippen molar-refractivity contribution in [2.24, 2.45) is 5.92 Å². The molecule has 3 heteroatoms. The Labute approximate surface area is 108 Å². The number of hydrogen-bond acceptors (Lipinski definition) is 3. The van der Waals surface area contributed by atoms with Gasteiger partial charge in [0.15, 0.2) is 0 Å². The Bertz CT molecular complexity index is 299. The number of hydrogen-bond donors (Lipinski definition) is 1. The van der Waals surface area contributed by atoms with Crippen molar-refractivity contribution in [3.8, 4) is 0 Å². The van der Waals surface area contributed by atoms with Gasteiger partial charge < -0.3 is 10.1 Å². The summed E-state index contributed by atoms with van der Waals surface area (Å²) in [6.07, 6.45) is 5.83. The van der Waals surface area contributed by atoms with Crippen molar-refractivity contribution in [1.82, 2.24) is 5.32 Å². The fraction of sp³-hybridized carbons (Fsp3) is 0.714. The fourth-order valence-electron chi connectivity index (χ4n) is 2.44. The van der Waals surface area contributed by atoms with Crippen molar-refractivity contribution in [3.05, 3.63) is 22.4 Å². The van der Waals surface area contributed by atoms with E-state index in [0.29, 0.717) is 6.10 Å². The van der Waals surface area contributed by atoms with Crippen LogP contribution in [0.15, 0.2) is 17.5 Å². The lowest BCUT2D eigenvalue weighted by Gasteiger charge is -2.28. The van der Waals surface area contributed by atoms with Gasteiger partial charge in [0.2, 0.25) is 0 Å². The highest BCUT2D eigenvalue weighted by Crippen LogP contribution is 2.25. The van der Waals surface area contributed by atoms with E-state index in [1.807, 2.05) is 0 Å². The van der Waals surface area contributed by atoms with Crippen LogP contribution in [0.2, 0.25) is 0 Å². The van der Waals surface area contributed by atoms with Gasteiger partial charge in [-0.2, -0.15) is 0 Å². The zero-order valence-electron chi connectivity index (χ0n) is 10.7. The highest BCUT2D eigenvalue weighted by molar-refractivity contribution is 7.09. The molecule has 1 aliphatic rings. The number of ether oxygens (including phenoxy) is 1. The maximum absolute atomic E-state index is 5.96. The van der Waals surface area contributed by atoms with Crippen molar-refractivity contribution in [1.29, 1.82) is 0 Å². The smallest absolute Gasteiger partial charge is 0.0601 e. The summed E-state index contributed by atoms with van der Waals surface area (Å²) in [6.45, 7) is 5.10. The molecule has 1 heterocycles. The molecule has 0 amide bonds. The second-order valence-electron chi connectivity index (χ2n) is 4.93. The molecule has 1 aromatic rings. The maximum atomic E-state index is 5.96. The zero-order valence-corrected chi connectivity index (χ0v) is 11.5. The summed E-state index contributed by atoms with van der Waals surface area (Å²) < 4.78 is 5.96. The third-order valence-electron chi connectivity index (χ3n) is 3.52. The third kappa shape index (κ3) is 4.41. The average molecular weight is 253 g/mol. The van der Waals surface area contributed by atoms with Gasteiger partial charge in [-0.3, -0.25) is 0 Å². The minimum atomic E-state index is 0.507. The minimum absolute atomic E-state index is 0.507. The van der Waals surface area contributed by atoms with E-state index in [2.05, 4.69) is 29.8 Å². The summed E-state index contributed by atoms with van der Waals surface area (Å²) in [4.78, 5) is 1.40. The van der Waals surface area contributed by atoms with E-state index in [9.17, 15) is 0 Å². The van der Waals surface area contributed by atoms with Crippen molar-refractivity contribution < 1.29 is 4.74 Å². The summed E-state index contributed by atoms with van der Waals surface area (Å²) >= 11 is 1.81. The summed E-state index contributed by atoms with van der Waals surface area (Å²) in [6, 6.07) is 4.27. The Balaban J connectivity index is 1.53. The molecule has 1 saturated carbocycles. The molecular formula is C14H23NOS. The summed E-state index contributed by atoms with van der Waals surface area (Å²) in [5, 5.41) is 5.55. The van der Waals surface area contributed by atoms with Gasteiger partial charge >= 0.3 is 0 Å². The Morgan fingerprint density at radius 1 is 1.41 bits per heavy atom. The van der Waals surface area contributed by atoms with E-state index in [0.717, 1.165) is 25.6 Å². The molecule has 0 radical (unpaired) electrons. The van der Waals surface area contributed by atoms with Crippen LogP contribution in [0.25, 0.3) is 0 Å². The first kappa shape index (κ1) is 13.1. The zero-order chi connectivity index (χ0) is 11.9. The monoisotopic (exact) mass is 253 g/mol. The quantitative estimate of drug-likeness (QED) is 0.784. The van der Waals surface area contributed by atoms with Gasteiger partial charge in [0.25, 0.3) is 0 Å². The van der Waals surface area contributed by atoms with E-state index < -0.39 is 0 Å². The predicted molar refractivity (Wildman–Crippen MR) is 73.4 cm³/mol. The second-order valence-corrected chi connectivity index (χ2v) is 5.96. The fourth-order valence-corrected chi connectivity index (χ4v) is 3.11. The molecule has 0 aromatic carbocycles. The molecule has 2 rings (SSSR count). The highest BCUT2D eigenvalue weighted by Gasteiger charge is 2.21. The first-order valence-electron chi connectivity index (χ1n) is 6.71. The van der Waals surface area contributed by atoms with Gasteiger partial charge in [0, 0.05) is 18.0 Å². The molecule has 1 N–H and O–H groups in total. The van der Waals surface area contributed by atoms with Crippen molar-refractivity contribution in [2.45, 2.75) is 45.3 Å². The largest absolute Gasteiger partial charge is 0.377 e. The molecule has 1 fully saturated rings. The van der Waals surface area contributed by atoms with Gasteiger partial charge in [0.05, 0.1) is 12.7 Å². The highest BCUT2D eigenvalue weighted by atomic mass is 32.1. The Morgan fingerprint density at radius 2 is 2.29 bits per heavy atom. The Hall–Kier alpha value is -0.380. The van der Waals surface area contributed by atoms with Crippen LogP contribution in [0.4, 0.5) is 0 Å².